The standard InChI is InChI=1S/C23H23F3N4O/c1-14-6-8-17(9-7-14)19-11-20(23(24,25)26)30-21(29-19)18(13-28-30)22(31)27-12-16-5-3-4-15(2)10-16/h3-10,13,19-20,29H,11-12H2,1-2H3,(H,27,31)/t19-,20+/m0/s1. The van der Waals surface area contributed by atoms with Crippen LogP contribution in [0.15, 0.2) is 54.7 Å². The van der Waals surface area contributed by atoms with Crippen LogP contribution >= 0.6 is 0 Å². The second-order valence-electron chi connectivity index (χ2n) is 7.92. The summed E-state index contributed by atoms with van der Waals surface area (Å²) in [6.07, 6.45) is -3.49. The third-order valence-corrected chi connectivity index (χ3v) is 5.50. The van der Waals surface area contributed by atoms with Crippen LogP contribution in [0.5, 0.6) is 0 Å². The minimum Gasteiger partial charge on any atom is -0.363 e. The summed E-state index contributed by atoms with van der Waals surface area (Å²) in [4.78, 5) is 12.8. The Kier molecular flexibility index (Phi) is 5.47. The number of hydrogen-bond donors (Lipinski definition) is 2. The number of halogens is 3. The third-order valence-electron chi connectivity index (χ3n) is 5.50. The van der Waals surface area contributed by atoms with Crippen LogP contribution in [0, 0.1) is 13.8 Å². The van der Waals surface area contributed by atoms with Crippen LogP contribution in [-0.2, 0) is 6.54 Å². The smallest absolute Gasteiger partial charge is 0.363 e. The molecule has 0 spiro atoms. The van der Waals surface area contributed by atoms with E-state index in [0.29, 0.717) is 0 Å². The van der Waals surface area contributed by atoms with Crippen LogP contribution in [0.2, 0.25) is 0 Å². The fourth-order valence-corrected chi connectivity index (χ4v) is 3.85. The Labute approximate surface area is 178 Å². The van der Waals surface area contributed by atoms with Crippen LogP contribution in [-0.4, -0.2) is 21.9 Å². The number of hydrogen-bond acceptors (Lipinski definition) is 3. The molecule has 4 rings (SSSR count). The van der Waals surface area contributed by atoms with Crippen molar-refractivity contribution in [2.75, 3.05) is 5.32 Å². The van der Waals surface area contributed by atoms with E-state index < -0.39 is 24.2 Å². The SMILES string of the molecule is Cc1ccc([C@@H]2C[C@H](C(F)(F)F)n3ncc(C(=O)NCc4cccc(C)c4)c3N2)cc1. The van der Waals surface area contributed by atoms with Gasteiger partial charge in [0.25, 0.3) is 5.91 Å². The summed E-state index contributed by atoms with van der Waals surface area (Å²) >= 11 is 0. The highest BCUT2D eigenvalue weighted by atomic mass is 19.4. The molecule has 8 heteroatoms. The number of anilines is 1. The van der Waals surface area contributed by atoms with Crippen molar-refractivity contribution < 1.29 is 18.0 Å². The van der Waals surface area contributed by atoms with Gasteiger partial charge in [-0.2, -0.15) is 18.3 Å². The Balaban J connectivity index is 1.61. The van der Waals surface area contributed by atoms with E-state index >= 15 is 0 Å². The zero-order valence-electron chi connectivity index (χ0n) is 17.2. The second-order valence-corrected chi connectivity index (χ2v) is 7.92. The number of amides is 1. The number of benzene rings is 2. The van der Waals surface area contributed by atoms with Gasteiger partial charge in [0.1, 0.15) is 11.4 Å². The number of nitrogens with one attached hydrogen (secondary N) is 2. The third kappa shape index (κ3) is 4.42. The van der Waals surface area contributed by atoms with Crippen LogP contribution in [0.3, 0.4) is 0 Å². The highest BCUT2D eigenvalue weighted by molar-refractivity contribution is 5.98. The summed E-state index contributed by atoms with van der Waals surface area (Å²) in [5.41, 5.74) is 3.82. The zero-order chi connectivity index (χ0) is 22.2. The maximum absolute atomic E-state index is 13.8. The highest BCUT2D eigenvalue weighted by Crippen LogP contribution is 2.44. The number of alkyl halides is 3. The first-order chi connectivity index (χ1) is 14.7. The number of fused-ring (bicyclic) bond motifs is 1. The average molecular weight is 428 g/mol. The normalized spacial score (nSPS) is 18.2. The van der Waals surface area contributed by atoms with E-state index in [1.54, 1.807) is 0 Å². The lowest BCUT2D eigenvalue weighted by Crippen LogP contribution is -2.36. The number of carbonyl (C=O) groups excluding carboxylic acids is 1. The summed E-state index contributed by atoms with van der Waals surface area (Å²) in [7, 11) is 0. The van der Waals surface area contributed by atoms with Crippen LogP contribution in [0.25, 0.3) is 0 Å². The van der Waals surface area contributed by atoms with Gasteiger partial charge in [-0.3, -0.25) is 4.79 Å². The van der Waals surface area contributed by atoms with Crippen LogP contribution in [0.1, 0.15) is 51.1 Å². The Morgan fingerprint density at radius 1 is 1.16 bits per heavy atom. The van der Waals surface area contributed by atoms with Crippen molar-refractivity contribution in [1.82, 2.24) is 15.1 Å². The molecular formula is C23H23F3N4O. The maximum atomic E-state index is 13.8. The molecule has 31 heavy (non-hydrogen) atoms. The van der Waals surface area contributed by atoms with Crippen LogP contribution in [0.4, 0.5) is 19.0 Å². The van der Waals surface area contributed by atoms with Gasteiger partial charge >= 0.3 is 6.18 Å². The molecule has 1 aliphatic heterocycles. The summed E-state index contributed by atoms with van der Waals surface area (Å²) in [6.45, 7) is 4.14. The molecule has 0 bridgehead atoms. The molecule has 162 valence electrons. The van der Waals surface area contributed by atoms with Gasteiger partial charge in [-0.15, -0.1) is 0 Å². The lowest BCUT2D eigenvalue weighted by atomic mass is 9.96. The molecule has 1 aliphatic rings. The van der Waals surface area contributed by atoms with E-state index in [9.17, 15) is 18.0 Å². The quantitative estimate of drug-likeness (QED) is 0.609. The van der Waals surface area contributed by atoms with Gasteiger partial charge in [0, 0.05) is 13.0 Å². The van der Waals surface area contributed by atoms with Crippen molar-refractivity contribution in [1.29, 1.82) is 0 Å². The van der Waals surface area contributed by atoms with E-state index in [2.05, 4.69) is 15.7 Å². The van der Waals surface area contributed by atoms with Crippen molar-refractivity contribution in [2.45, 2.75) is 45.1 Å². The molecule has 0 radical (unpaired) electrons. The molecule has 1 aromatic heterocycles. The zero-order valence-corrected chi connectivity index (χ0v) is 17.2. The van der Waals surface area contributed by atoms with Gasteiger partial charge < -0.3 is 10.6 Å². The molecule has 3 aromatic rings. The van der Waals surface area contributed by atoms with E-state index in [1.807, 2.05) is 62.4 Å². The van der Waals surface area contributed by atoms with Crippen molar-refractivity contribution in [3.05, 3.63) is 82.5 Å². The fraction of sp³-hybridized carbons (Fsp3) is 0.304. The molecule has 0 saturated heterocycles. The molecule has 2 heterocycles. The topological polar surface area (TPSA) is 59.0 Å². The average Bonchev–Trinajstić information content (AvgIpc) is 3.15. The summed E-state index contributed by atoms with van der Waals surface area (Å²) in [6, 6.07) is 12.6. The highest BCUT2D eigenvalue weighted by Gasteiger charge is 2.47. The predicted molar refractivity (Wildman–Crippen MR) is 112 cm³/mol. The van der Waals surface area contributed by atoms with Crippen molar-refractivity contribution in [3.8, 4) is 0 Å². The monoisotopic (exact) mass is 428 g/mol. The molecule has 2 N–H and O–H groups in total. The van der Waals surface area contributed by atoms with Gasteiger partial charge in [-0.05, 0) is 25.0 Å². The molecule has 1 amide bonds. The first kappa shape index (κ1) is 21.0. The minimum absolute atomic E-state index is 0.0842. The Morgan fingerprint density at radius 2 is 1.90 bits per heavy atom. The van der Waals surface area contributed by atoms with Crippen molar-refractivity contribution in [2.24, 2.45) is 0 Å². The molecule has 0 fully saturated rings. The number of aromatic nitrogens is 2. The number of nitrogens with zero attached hydrogens (tertiary/aromatic N) is 2. The molecule has 0 unspecified atom stereocenters. The van der Waals surface area contributed by atoms with Gasteiger partial charge in [-0.25, -0.2) is 4.68 Å². The summed E-state index contributed by atoms with van der Waals surface area (Å²) in [5.74, 6) is -0.387. The Bertz CT molecular complexity index is 1090. The molecule has 0 aliphatic carbocycles. The van der Waals surface area contributed by atoms with Gasteiger partial charge in [0.2, 0.25) is 0 Å². The van der Waals surface area contributed by atoms with Gasteiger partial charge in [0.05, 0.1) is 12.2 Å². The maximum Gasteiger partial charge on any atom is 0.410 e. The van der Waals surface area contributed by atoms with E-state index in [1.165, 1.54) is 6.20 Å². The predicted octanol–water partition coefficient (Wildman–Crippen LogP) is 5.09. The minimum atomic E-state index is -4.48. The second kappa shape index (κ2) is 8.09. The van der Waals surface area contributed by atoms with E-state index in [-0.39, 0.29) is 24.3 Å². The number of rotatable bonds is 4. The largest absolute Gasteiger partial charge is 0.410 e. The lowest BCUT2D eigenvalue weighted by Gasteiger charge is -2.34. The van der Waals surface area contributed by atoms with Gasteiger partial charge in [-0.1, -0.05) is 59.7 Å². The number of carbonyl (C=O) groups is 1. The summed E-state index contributed by atoms with van der Waals surface area (Å²) < 4.78 is 42.3. The molecule has 2 aromatic carbocycles. The lowest BCUT2D eigenvalue weighted by molar-refractivity contribution is -0.173. The first-order valence-corrected chi connectivity index (χ1v) is 10.0. The summed E-state index contributed by atoms with van der Waals surface area (Å²) in [5, 5.41) is 9.80. The van der Waals surface area contributed by atoms with Gasteiger partial charge in [0.15, 0.2) is 6.04 Å². The molecule has 0 saturated carbocycles. The molecular weight excluding hydrogens is 405 g/mol. The fourth-order valence-electron chi connectivity index (χ4n) is 3.85. The van der Waals surface area contributed by atoms with E-state index in [0.717, 1.165) is 26.9 Å². The van der Waals surface area contributed by atoms with E-state index in [4.69, 9.17) is 0 Å². The Hall–Kier alpha value is -3.29. The Morgan fingerprint density at radius 3 is 2.58 bits per heavy atom. The molecule has 5 nitrogen and oxygen atoms in total. The first-order valence-electron chi connectivity index (χ1n) is 10.0. The molecule has 2 atom stereocenters. The van der Waals surface area contributed by atoms with Crippen molar-refractivity contribution >= 4 is 11.7 Å². The van der Waals surface area contributed by atoms with Crippen LogP contribution < -0.4 is 10.6 Å². The van der Waals surface area contributed by atoms with Crippen molar-refractivity contribution in [3.63, 3.8) is 0 Å². The number of aryl methyl sites for hydroxylation is 2.